The monoisotopic (exact) mass is 177 g/mol. The Morgan fingerprint density at radius 2 is 2.18 bits per heavy atom. The van der Waals surface area contributed by atoms with Crippen LogP contribution in [0.2, 0.25) is 0 Å². The van der Waals surface area contributed by atoms with Crippen LogP contribution in [0.25, 0.3) is 0 Å². The summed E-state index contributed by atoms with van der Waals surface area (Å²) in [7, 11) is 3.23. The van der Waals surface area contributed by atoms with Gasteiger partial charge in [-0.15, -0.1) is 0 Å². The third-order valence-electron chi connectivity index (χ3n) is 1.36. The summed E-state index contributed by atoms with van der Waals surface area (Å²) in [4.78, 5) is 0. The number of nitrogens with zero attached hydrogens (tertiary/aromatic N) is 2. The lowest BCUT2D eigenvalue weighted by Gasteiger charge is -2.23. The van der Waals surface area contributed by atoms with E-state index in [4.69, 9.17) is 9.81 Å². The predicted octanol–water partition coefficient (Wildman–Crippen LogP) is 0.359. The van der Waals surface area contributed by atoms with E-state index in [1.54, 1.807) is 21.0 Å². The van der Waals surface area contributed by atoms with Gasteiger partial charge in [-0.05, 0) is 6.92 Å². The van der Waals surface area contributed by atoms with Crippen LogP contribution in [0.15, 0.2) is 0 Å². The van der Waals surface area contributed by atoms with Crippen LogP contribution in [0.1, 0.15) is 6.92 Å². The average molecular weight is 177 g/mol. The molecule has 0 radical (unpaired) electrons. The zero-order valence-electron chi connectivity index (χ0n) is 6.94. The van der Waals surface area contributed by atoms with Crippen molar-refractivity contribution in [1.29, 1.82) is 5.26 Å². The first-order valence-electron chi connectivity index (χ1n) is 3.24. The Morgan fingerprint density at radius 3 is 2.45 bits per heavy atom. The summed E-state index contributed by atoms with van der Waals surface area (Å²) in [6, 6.07) is 2.01. The molecule has 0 aliphatic carbocycles. The number of rotatable bonds is 3. The van der Waals surface area contributed by atoms with Crippen molar-refractivity contribution in [1.82, 2.24) is 0 Å². The standard InChI is InChI=1S/C6H12N2O2S/c1-6(4-7)5-8(2,3)11(9)10/h6H,5H2,1-3H3/p+1. The smallest absolute Gasteiger partial charge is 0.261 e. The minimum atomic E-state index is -1.91. The molecule has 2 atom stereocenters. The Morgan fingerprint density at radius 1 is 1.73 bits per heavy atom. The lowest BCUT2D eigenvalue weighted by Crippen LogP contribution is -2.43. The first kappa shape index (κ1) is 10.6. The van der Waals surface area contributed by atoms with Gasteiger partial charge >= 0.3 is 11.3 Å². The first-order valence-corrected chi connectivity index (χ1v) is 4.30. The number of hydrogen-bond donors (Lipinski definition) is 1. The largest absolute Gasteiger partial charge is 0.358 e. The number of nitriles is 1. The molecule has 0 spiro atoms. The fourth-order valence-corrected chi connectivity index (χ4v) is 1.12. The molecule has 0 aliphatic rings. The van der Waals surface area contributed by atoms with Gasteiger partial charge in [-0.25, -0.2) is 3.89 Å². The molecule has 0 aromatic rings. The van der Waals surface area contributed by atoms with E-state index >= 15 is 0 Å². The molecule has 64 valence electrons. The molecule has 0 aliphatic heterocycles. The summed E-state index contributed by atoms with van der Waals surface area (Å²) in [6.07, 6.45) is 0. The van der Waals surface area contributed by atoms with Crippen LogP contribution < -0.4 is 0 Å². The van der Waals surface area contributed by atoms with E-state index in [1.807, 2.05) is 6.07 Å². The molecule has 1 N–H and O–H groups in total. The molecule has 4 nitrogen and oxygen atoms in total. The molecule has 0 fully saturated rings. The predicted molar refractivity (Wildman–Crippen MR) is 42.5 cm³/mol. The number of hydrogen-bond acceptors (Lipinski definition) is 2. The minimum Gasteiger partial charge on any atom is -0.261 e. The summed E-state index contributed by atoms with van der Waals surface area (Å²) in [5, 5.41) is 8.44. The quantitative estimate of drug-likeness (QED) is 0.500. The van der Waals surface area contributed by atoms with Crippen molar-refractivity contribution < 1.29 is 12.6 Å². The summed E-state index contributed by atoms with van der Waals surface area (Å²) in [6.45, 7) is 2.12. The Bertz CT molecular complexity index is 197. The highest BCUT2D eigenvalue weighted by Gasteiger charge is 2.25. The van der Waals surface area contributed by atoms with E-state index in [0.29, 0.717) is 6.54 Å². The van der Waals surface area contributed by atoms with Gasteiger partial charge in [0.25, 0.3) is 0 Å². The molecule has 5 heteroatoms. The Kier molecular flexibility index (Phi) is 3.66. The van der Waals surface area contributed by atoms with Gasteiger partial charge in [0.15, 0.2) is 0 Å². The van der Waals surface area contributed by atoms with Crippen LogP contribution >= 0.6 is 0 Å². The molecule has 0 heterocycles. The van der Waals surface area contributed by atoms with Crippen LogP contribution in [0.5, 0.6) is 0 Å². The second-order valence-electron chi connectivity index (χ2n) is 3.02. The minimum absolute atomic E-state index is 0.0469. The summed E-state index contributed by atoms with van der Waals surface area (Å²) < 4.78 is 19.4. The second-order valence-corrected chi connectivity index (χ2v) is 4.47. The van der Waals surface area contributed by atoms with Gasteiger partial charge < -0.3 is 0 Å². The van der Waals surface area contributed by atoms with Gasteiger partial charge in [-0.1, -0.05) is 0 Å². The van der Waals surface area contributed by atoms with E-state index in [0.717, 1.165) is 0 Å². The highest BCUT2D eigenvalue weighted by atomic mass is 32.2. The summed E-state index contributed by atoms with van der Waals surface area (Å²) >= 11 is -1.91. The topological polar surface area (TPSA) is 61.1 Å². The molecular formula is C6H13N2O2S+. The third kappa shape index (κ3) is 3.46. The fourth-order valence-electron chi connectivity index (χ4n) is 0.764. The molecule has 0 aromatic carbocycles. The summed E-state index contributed by atoms with van der Waals surface area (Å²) in [5.41, 5.74) is 0. The van der Waals surface area contributed by atoms with Crippen molar-refractivity contribution in [3.8, 4) is 6.07 Å². The SMILES string of the molecule is CC(C#N)C[N+](C)(C)S(=O)O. The maximum Gasteiger partial charge on any atom is 0.358 e. The Balaban J connectivity index is 4.15. The molecule has 0 rings (SSSR count). The highest BCUT2D eigenvalue weighted by Crippen LogP contribution is 2.06. The van der Waals surface area contributed by atoms with Gasteiger partial charge in [-0.3, -0.25) is 4.55 Å². The van der Waals surface area contributed by atoms with Crippen LogP contribution in [-0.2, 0) is 11.3 Å². The molecular weight excluding hydrogens is 164 g/mol. The Hall–Kier alpha value is -0.440. The van der Waals surface area contributed by atoms with Crippen LogP contribution in [0.4, 0.5) is 0 Å². The molecule has 0 saturated carbocycles. The van der Waals surface area contributed by atoms with Crippen molar-refractivity contribution in [2.24, 2.45) is 5.92 Å². The second kappa shape index (κ2) is 3.81. The van der Waals surface area contributed by atoms with Gasteiger partial charge in [0.1, 0.15) is 6.54 Å². The summed E-state index contributed by atoms with van der Waals surface area (Å²) in [5.74, 6) is -0.193. The molecule has 2 unspecified atom stereocenters. The van der Waals surface area contributed by atoms with Crippen molar-refractivity contribution in [3.63, 3.8) is 0 Å². The number of quaternary nitrogens is 1. The molecule has 11 heavy (non-hydrogen) atoms. The van der Waals surface area contributed by atoms with Gasteiger partial charge in [0, 0.05) is 0 Å². The highest BCUT2D eigenvalue weighted by molar-refractivity contribution is 7.73. The van der Waals surface area contributed by atoms with Crippen molar-refractivity contribution in [2.45, 2.75) is 6.92 Å². The molecule has 0 saturated heterocycles. The Labute approximate surface area is 69.4 Å². The molecule has 0 amide bonds. The van der Waals surface area contributed by atoms with E-state index < -0.39 is 11.3 Å². The van der Waals surface area contributed by atoms with Gasteiger partial charge in [0.2, 0.25) is 0 Å². The third-order valence-corrected chi connectivity index (χ3v) is 2.35. The van der Waals surface area contributed by atoms with E-state index in [2.05, 4.69) is 0 Å². The van der Waals surface area contributed by atoms with E-state index in [1.165, 1.54) is 0 Å². The fraction of sp³-hybridized carbons (Fsp3) is 0.833. The van der Waals surface area contributed by atoms with Crippen LogP contribution in [-0.4, -0.2) is 33.3 Å². The zero-order chi connectivity index (χ0) is 9.07. The van der Waals surface area contributed by atoms with E-state index in [-0.39, 0.29) is 9.81 Å². The van der Waals surface area contributed by atoms with Crippen molar-refractivity contribution in [2.75, 3.05) is 20.6 Å². The van der Waals surface area contributed by atoms with Crippen LogP contribution in [0.3, 0.4) is 0 Å². The van der Waals surface area contributed by atoms with Gasteiger partial charge in [-0.2, -0.15) is 9.47 Å². The van der Waals surface area contributed by atoms with Crippen molar-refractivity contribution >= 4 is 11.3 Å². The van der Waals surface area contributed by atoms with Gasteiger partial charge in [0.05, 0.1) is 26.1 Å². The normalized spacial score (nSPS) is 17.0. The lowest BCUT2D eigenvalue weighted by atomic mass is 10.2. The van der Waals surface area contributed by atoms with Crippen molar-refractivity contribution in [3.05, 3.63) is 0 Å². The lowest BCUT2D eigenvalue weighted by molar-refractivity contribution is -0.765. The zero-order valence-corrected chi connectivity index (χ0v) is 7.76. The first-order chi connectivity index (χ1) is 4.90. The van der Waals surface area contributed by atoms with E-state index in [9.17, 15) is 4.21 Å². The molecule has 0 aromatic heterocycles. The average Bonchev–Trinajstić information content (AvgIpc) is 1.86. The maximum absolute atomic E-state index is 10.6. The van der Waals surface area contributed by atoms with Crippen LogP contribution in [0, 0.1) is 17.2 Å². The maximum atomic E-state index is 10.6. The molecule has 0 bridgehead atoms.